The number of hydrogen-bond donors (Lipinski definition) is 2. The van der Waals surface area contributed by atoms with E-state index in [0.29, 0.717) is 11.3 Å². The van der Waals surface area contributed by atoms with E-state index in [1.54, 1.807) is 6.92 Å². The number of carbonyl (C=O) groups excluding carboxylic acids is 1. The molecular formula is C12H12ClN3O3S. The third-order valence-corrected chi connectivity index (χ3v) is 4.13. The van der Waals surface area contributed by atoms with Crippen LogP contribution in [0.15, 0.2) is 29.3 Å². The number of halogens is 1. The zero-order chi connectivity index (χ0) is 14.9. The van der Waals surface area contributed by atoms with Gasteiger partial charge in [0.25, 0.3) is 5.91 Å². The van der Waals surface area contributed by atoms with E-state index in [9.17, 15) is 13.2 Å². The Bertz CT molecular complexity index is 768. The summed E-state index contributed by atoms with van der Waals surface area (Å²) in [4.78, 5) is 12.1. The monoisotopic (exact) mass is 313 g/mol. The van der Waals surface area contributed by atoms with Crippen molar-refractivity contribution < 1.29 is 13.2 Å². The number of aromatic amines is 1. The normalized spacial score (nSPS) is 11.3. The molecule has 2 aromatic rings. The van der Waals surface area contributed by atoms with Gasteiger partial charge in [0.15, 0.2) is 9.84 Å². The van der Waals surface area contributed by atoms with Gasteiger partial charge in [0, 0.05) is 11.9 Å². The third-order valence-electron chi connectivity index (χ3n) is 2.69. The molecule has 1 heterocycles. The Morgan fingerprint density at radius 2 is 2.10 bits per heavy atom. The molecule has 0 saturated heterocycles. The number of sulfone groups is 1. The van der Waals surface area contributed by atoms with Crippen LogP contribution >= 0.6 is 11.6 Å². The van der Waals surface area contributed by atoms with E-state index >= 15 is 0 Å². The van der Waals surface area contributed by atoms with Crippen LogP contribution in [0.25, 0.3) is 0 Å². The van der Waals surface area contributed by atoms with E-state index in [2.05, 4.69) is 15.5 Å². The fourth-order valence-corrected chi connectivity index (χ4v) is 2.41. The lowest BCUT2D eigenvalue weighted by molar-refractivity contribution is 0.102. The van der Waals surface area contributed by atoms with Crippen molar-refractivity contribution >= 4 is 33.0 Å². The highest BCUT2D eigenvalue weighted by Gasteiger charge is 2.15. The summed E-state index contributed by atoms with van der Waals surface area (Å²) in [7, 11) is -3.37. The predicted molar refractivity (Wildman–Crippen MR) is 75.8 cm³/mol. The fourth-order valence-electron chi connectivity index (χ4n) is 1.60. The molecule has 0 radical (unpaired) electrons. The second-order valence-electron chi connectivity index (χ2n) is 4.28. The van der Waals surface area contributed by atoms with Gasteiger partial charge in [-0.3, -0.25) is 9.89 Å². The van der Waals surface area contributed by atoms with Crippen molar-refractivity contribution in [2.75, 3.05) is 11.6 Å². The first-order valence-corrected chi connectivity index (χ1v) is 7.87. The second kappa shape index (κ2) is 5.26. The van der Waals surface area contributed by atoms with Gasteiger partial charge in [-0.1, -0.05) is 11.6 Å². The zero-order valence-electron chi connectivity index (χ0n) is 10.8. The maximum atomic E-state index is 12.0. The van der Waals surface area contributed by atoms with E-state index in [1.807, 2.05) is 0 Å². The van der Waals surface area contributed by atoms with Crippen LogP contribution < -0.4 is 5.32 Å². The van der Waals surface area contributed by atoms with Crippen LogP contribution in [-0.2, 0) is 9.84 Å². The molecule has 20 heavy (non-hydrogen) atoms. The minimum absolute atomic E-state index is 0.0844. The van der Waals surface area contributed by atoms with Crippen LogP contribution in [0.1, 0.15) is 16.1 Å². The molecule has 0 aliphatic heterocycles. The predicted octanol–water partition coefficient (Wildman–Crippen LogP) is 2.03. The highest BCUT2D eigenvalue weighted by molar-refractivity contribution is 7.90. The Labute approximate surface area is 121 Å². The molecule has 106 valence electrons. The molecule has 2 rings (SSSR count). The summed E-state index contributed by atoms with van der Waals surface area (Å²) in [5.41, 5.74) is 1.21. The fraction of sp³-hybridized carbons (Fsp3) is 0.167. The number of anilines is 1. The van der Waals surface area contributed by atoms with Crippen molar-refractivity contribution in [1.82, 2.24) is 10.2 Å². The van der Waals surface area contributed by atoms with E-state index in [4.69, 9.17) is 11.6 Å². The van der Waals surface area contributed by atoms with E-state index in [1.165, 1.54) is 24.4 Å². The van der Waals surface area contributed by atoms with Crippen molar-refractivity contribution in [2.45, 2.75) is 11.8 Å². The van der Waals surface area contributed by atoms with Gasteiger partial charge in [-0.05, 0) is 25.1 Å². The Morgan fingerprint density at radius 1 is 1.40 bits per heavy atom. The van der Waals surface area contributed by atoms with E-state index < -0.39 is 15.7 Å². The zero-order valence-corrected chi connectivity index (χ0v) is 12.3. The van der Waals surface area contributed by atoms with E-state index in [-0.39, 0.29) is 15.6 Å². The molecule has 0 atom stereocenters. The average Bonchev–Trinajstić information content (AvgIpc) is 2.77. The Hall–Kier alpha value is -1.86. The van der Waals surface area contributed by atoms with Gasteiger partial charge in [-0.25, -0.2) is 8.42 Å². The molecule has 0 fully saturated rings. The number of rotatable bonds is 3. The third kappa shape index (κ3) is 3.00. The van der Waals surface area contributed by atoms with Crippen molar-refractivity contribution in [1.29, 1.82) is 0 Å². The SMILES string of the molecule is Cc1[nH]ncc1C(=O)Nc1cc(S(C)(=O)=O)ccc1Cl. The molecule has 1 aromatic heterocycles. The minimum Gasteiger partial charge on any atom is -0.320 e. The molecular weight excluding hydrogens is 302 g/mol. The molecule has 0 spiro atoms. The van der Waals surface area contributed by atoms with Crippen molar-refractivity contribution in [3.63, 3.8) is 0 Å². The average molecular weight is 314 g/mol. The number of nitrogens with zero attached hydrogens (tertiary/aromatic N) is 1. The number of hydrogen-bond acceptors (Lipinski definition) is 4. The Balaban J connectivity index is 2.34. The van der Waals surface area contributed by atoms with Gasteiger partial charge in [0.2, 0.25) is 0 Å². The molecule has 6 nitrogen and oxygen atoms in total. The molecule has 0 aliphatic carbocycles. The van der Waals surface area contributed by atoms with Crippen molar-refractivity contribution in [3.8, 4) is 0 Å². The first-order chi connectivity index (χ1) is 9.29. The quantitative estimate of drug-likeness (QED) is 0.907. The summed E-state index contributed by atoms with van der Waals surface area (Å²) in [5, 5.41) is 9.22. The van der Waals surface area contributed by atoms with Crippen LogP contribution in [0, 0.1) is 6.92 Å². The highest BCUT2D eigenvalue weighted by Crippen LogP contribution is 2.25. The molecule has 0 saturated carbocycles. The molecule has 1 aromatic carbocycles. The van der Waals surface area contributed by atoms with Crippen LogP contribution in [0.4, 0.5) is 5.69 Å². The molecule has 1 amide bonds. The van der Waals surface area contributed by atoms with Gasteiger partial charge >= 0.3 is 0 Å². The highest BCUT2D eigenvalue weighted by atomic mass is 35.5. The number of carbonyl (C=O) groups is 1. The lowest BCUT2D eigenvalue weighted by Crippen LogP contribution is -2.13. The van der Waals surface area contributed by atoms with Crippen LogP contribution in [0.5, 0.6) is 0 Å². The first kappa shape index (κ1) is 14.5. The summed E-state index contributed by atoms with van der Waals surface area (Å²) >= 11 is 5.96. The van der Waals surface area contributed by atoms with Crippen LogP contribution in [0.2, 0.25) is 5.02 Å². The van der Waals surface area contributed by atoms with Crippen LogP contribution in [0.3, 0.4) is 0 Å². The number of benzene rings is 1. The van der Waals surface area contributed by atoms with Crippen LogP contribution in [-0.4, -0.2) is 30.8 Å². The van der Waals surface area contributed by atoms with Gasteiger partial charge in [0.1, 0.15) is 0 Å². The Kier molecular flexibility index (Phi) is 3.82. The number of H-pyrrole nitrogens is 1. The number of amides is 1. The van der Waals surface area contributed by atoms with Gasteiger partial charge in [0.05, 0.1) is 27.4 Å². The summed E-state index contributed by atoms with van der Waals surface area (Å²) in [6.45, 7) is 1.70. The van der Waals surface area contributed by atoms with Crippen molar-refractivity contribution in [2.24, 2.45) is 0 Å². The van der Waals surface area contributed by atoms with E-state index in [0.717, 1.165) is 6.26 Å². The molecule has 8 heteroatoms. The standard InChI is InChI=1S/C12H12ClN3O3S/c1-7-9(6-14-16-7)12(17)15-11-5-8(20(2,18)19)3-4-10(11)13/h3-6H,1-2H3,(H,14,16)(H,15,17). The van der Waals surface area contributed by atoms with Gasteiger partial charge in [-0.2, -0.15) is 5.10 Å². The lowest BCUT2D eigenvalue weighted by atomic mass is 10.2. The second-order valence-corrected chi connectivity index (χ2v) is 6.70. The first-order valence-electron chi connectivity index (χ1n) is 5.60. The molecule has 0 bridgehead atoms. The lowest BCUT2D eigenvalue weighted by Gasteiger charge is -2.08. The summed E-state index contributed by atoms with van der Waals surface area (Å²) in [6.07, 6.45) is 2.47. The smallest absolute Gasteiger partial charge is 0.259 e. The van der Waals surface area contributed by atoms with Gasteiger partial charge in [-0.15, -0.1) is 0 Å². The van der Waals surface area contributed by atoms with Crippen molar-refractivity contribution in [3.05, 3.63) is 40.7 Å². The number of nitrogens with one attached hydrogen (secondary N) is 2. The molecule has 2 N–H and O–H groups in total. The largest absolute Gasteiger partial charge is 0.320 e. The summed E-state index contributed by atoms with van der Waals surface area (Å²) in [5.74, 6) is -0.413. The molecule has 0 aliphatic rings. The maximum Gasteiger partial charge on any atom is 0.259 e. The number of aromatic nitrogens is 2. The summed E-state index contributed by atoms with van der Waals surface area (Å²) in [6, 6.07) is 4.14. The minimum atomic E-state index is -3.37. The topological polar surface area (TPSA) is 91.9 Å². The maximum absolute atomic E-state index is 12.0. The Morgan fingerprint density at radius 3 is 2.65 bits per heavy atom. The van der Waals surface area contributed by atoms with Gasteiger partial charge < -0.3 is 5.32 Å². The number of aryl methyl sites for hydroxylation is 1. The summed E-state index contributed by atoms with van der Waals surface area (Å²) < 4.78 is 23.0. The molecule has 0 unspecified atom stereocenters.